The molecule has 2 atom stereocenters. The topological polar surface area (TPSA) is 79.4 Å². The molecule has 0 unspecified atom stereocenters. The molecule has 2 aromatic rings. The molecular formula is C31H45N3O3S. The highest BCUT2D eigenvalue weighted by atomic mass is 32.1. The summed E-state index contributed by atoms with van der Waals surface area (Å²) in [6.07, 6.45) is 8.70. The number of aromatic nitrogens is 1. The number of nitrogens with one attached hydrogen (secondary N) is 1. The lowest BCUT2D eigenvalue weighted by molar-refractivity contribution is -0.130. The molecular weight excluding hydrogens is 494 g/mol. The van der Waals surface area contributed by atoms with Crippen LogP contribution >= 0.6 is 11.3 Å². The lowest BCUT2D eigenvalue weighted by atomic mass is 9.81. The summed E-state index contributed by atoms with van der Waals surface area (Å²) >= 11 is 1.62. The first-order valence-corrected chi connectivity index (χ1v) is 15.1. The molecule has 1 N–H and O–H groups in total. The van der Waals surface area contributed by atoms with E-state index in [1.165, 1.54) is 12.0 Å². The average Bonchev–Trinajstić information content (AvgIpc) is 3.31. The molecule has 1 amide bonds. The van der Waals surface area contributed by atoms with E-state index in [0.29, 0.717) is 43.7 Å². The van der Waals surface area contributed by atoms with E-state index in [9.17, 15) is 14.4 Å². The Labute approximate surface area is 232 Å². The number of ketones is 2. The maximum Gasteiger partial charge on any atom is 0.224 e. The predicted molar refractivity (Wildman–Crippen MR) is 157 cm³/mol. The summed E-state index contributed by atoms with van der Waals surface area (Å²) in [5.41, 5.74) is 2.82. The Morgan fingerprint density at radius 3 is 2.55 bits per heavy atom. The Bertz CT molecular complexity index is 1120. The van der Waals surface area contributed by atoms with Gasteiger partial charge in [0.25, 0.3) is 0 Å². The highest BCUT2D eigenvalue weighted by molar-refractivity contribution is 7.18. The van der Waals surface area contributed by atoms with Crippen molar-refractivity contribution in [2.75, 3.05) is 20.6 Å². The maximum absolute atomic E-state index is 13.7. The number of likely N-dealkylation sites (N-methyl/N-ethyl adjacent to an activating group) is 1. The number of hydrogen-bond acceptors (Lipinski definition) is 6. The predicted octanol–water partition coefficient (Wildman–Crippen LogP) is 5.92. The molecule has 3 rings (SSSR count). The van der Waals surface area contributed by atoms with E-state index in [2.05, 4.69) is 31.0 Å². The van der Waals surface area contributed by atoms with Crippen LogP contribution in [-0.4, -0.2) is 54.0 Å². The summed E-state index contributed by atoms with van der Waals surface area (Å²) in [5.74, 6) is -0.0361. The van der Waals surface area contributed by atoms with Gasteiger partial charge in [-0.25, -0.2) is 4.98 Å². The number of amides is 1. The fraction of sp³-hybridized carbons (Fsp3) is 0.613. The van der Waals surface area contributed by atoms with Crippen LogP contribution in [-0.2, 0) is 27.2 Å². The Hall–Kier alpha value is -2.38. The number of Topliss-reactive ketones (excluding diaryl/α,β-unsaturated/α-hetero) is 2. The van der Waals surface area contributed by atoms with Crippen LogP contribution in [0.3, 0.4) is 0 Å². The standard InChI is InChI=1S/C31H45N3O3S/c1-6-22-13-14-27-29(17-22)38-30(32-27)19-24(18-25(35)7-2)31(37)33-26(23-11-9-8-10-12-23)15-16-28(36)21(3)20-34(4)5/h13-14,17,23-24,26H,3,6-12,15-16,18-20H2,1-2,4-5H3,(H,33,37)/t24-,26+/m0/s1. The normalized spacial score (nSPS) is 15.9. The zero-order valence-electron chi connectivity index (χ0n) is 23.7. The number of hydrogen-bond donors (Lipinski definition) is 1. The third-order valence-corrected chi connectivity index (χ3v) is 8.74. The zero-order valence-corrected chi connectivity index (χ0v) is 24.5. The first kappa shape index (κ1) is 30.2. The Kier molecular flexibility index (Phi) is 11.7. The monoisotopic (exact) mass is 539 g/mol. The number of aryl methyl sites for hydroxylation is 1. The van der Waals surface area contributed by atoms with Crippen molar-refractivity contribution < 1.29 is 14.4 Å². The van der Waals surface area contributed by atoms with E-state index in [0.717, 1.165) is 47.3 Å². The molecule has 1 aromatic carbocycles. The van der Waals surface area contributed by atoms with Crippen molar-refractivity contribution in [3.05, 3.63) is 40.9 Å². The van der Waals surface area contributed by atoms with Crippen LogP contribution < -0.4 is 5.32 Å². The number of rotatable bonds is 15. The third-order valence-electron chi connectivity index (χ3n) is 7.70. The largest absolute Gasteiger partial charge is 0.353 e. The lowest BCUT2D eigenvalue weighted by Crippen LogP contribution is -2.45. The van der Waals surface area contributed by atoms with Gasteiger partial charge in [0.15, 0.2) is 5.78 Å². The summed E-state index contributed by atoms with van der Waals surface area (Å²) in [7, 11) is 3.85. The van der Waals surface area contributed by atoms with Crippen LogP contribution in [0.25, 0.3) is 10.2 Å². The number of benzene rings is 1. The van der Waals surface area contributed by atoms with E-state index in [1.54, 1.807) is 11.3 Å². The average molecular weight is 540 g/mol. The van der Waals surface area contributed by atoms with Crippen LogP contribution in [0.2, 0.25) is 0 Å². The van der Waals surface area contributed by atoms with Gasteiger partial charge < -0.3 is 10.2 Å². The van der Waals surface area contributed by atoms with Crippen LogP contribution in [0, 0.1) is 11.8 Å². The van der Waals surface area contributed by atoms with Crippen molar-refractivity contribution >= 4 is 39.0 Å². The van der Waals surface area contributed by atoms with Crippen LogP contribution in [0.15, 0.2) is 30.4 Å². The van der Waals surface area contributed by atoms with E-state index in [1.807, 2.05) is 32.0 Å². The quantitative estimate of drug-likeness (QED) is 0.284. The molecule has 0 radical (unpaired) electrons. The zero-order chi connectivity index (χ0) is 27.7. The molecule has 0 aliphatic heterocycles. The minimum atomic E-state index is -0.459. The SMILES string of the molecule is C=C(CN(C)C)C(=O)CC[C@@H](NC(=O)[C@@H](CC(=O)CC)Cc1nc2ccc(CC)cc2s1)C1CCCCC1. The van der Waals surface area contributed by atoms with Gasteiger partial charge in [-0.15, -0.1) is 11.3 Å². The summed E-state index contributed by atoms with van der Waals surface area (Å²) in [5, 5.41) is 4.21. The molecule has 1 heterocycles. The lowest BCUT2D eigenvalue weighted by Gasteiger charge is -2.32. The molecule has 1 aromatic heterocycles. The molecule has 0 saturated heterocycles. The molecule has 1 aliphatic carbocycles. The summed E-state index contributed by atoms with van der Waals surface area (Å²) in [6, 6.07) is 6.24. The van der Waals surface area contributed by atoms with Crippen molar-refractivity contribution in [1.82, 2.24) is 15.2 Å². The van der Waals surface area contributed by atoms with E-state index >= 15 is 0 Å². The van der Waals surface area contributed by atoms with Crippen molar-refractivity contribution in [3.8, 4) is 0 Å². The third kappa shape index (κ3) is 8.84. The van der Waals surface area contributed by atoms with Crippen molar-refractivity contribution in [2.24, 2.45) is 11.8 Å². The van der Waals surface area contributed by atoms with Crippen LogP contribution in [0.1, 0.15) is 82.2 Å². The van der Waals surface area contributed by atoms with Crippen molar-refractivity contribution in [2.45, 2.75) is 90.5 Å². The molecule has 0 spiro atoms. The summed E-state index contributed by atoms with van der Waals surface area (Å²) < 4.78 is 1.12. The molecule has 1 fully saturated rings. The molecule has 0 bridgehead atoms. The number of carbonyl (C=O) groups excluding carboxylic acids is 3. The van der Waals surface area contributed by atoms with Crippen molar-refractivity contribution in [3.63, 3.8) is 0 Å². The van der Waals surface area contributed by atoms with Gasteiger partial charge in [-0.1, -0.05) is 45.8 Å². The van der Waals surface area contributed by atoms with E-state index < -0.39 is 5.92 Å². The number of carbonyl (C=O) groups is 3. The second-order valence-corrected chi connectivity index (χ2v) is 12.2. The van der Waals surface area contributed by atoms with Crippen LogP contribution in [0.4, 0.5) is 0 Å². The van der Waals surface area contributed by atoms with Gasteiger partial charge in [0.1, 0.15) is 5.78 Å². The molecule has 38 heavy (non-hydrogen) atoms. The Morgan fingerprint density at radius 2 is 1.89 bits per heavy atom. The van der Waals surface area contributed by atoms with Gasteiger partial charge in [0.05, 0.1) is 21.1 Å². The Morgan fingerprint density at radius 1 is 1.16 bits per heavy atom. The maximum atomic E-state index is 13.7. The summed E-state index contributed by atoms with van der Waals surface area (Å²) in [4.78, 5) is 45.7. The second-order valence-electron chi connectivity index (χ2n) is 11.1. The van der Waals surface area contributed by atoms with Gasteiger partial charge in [-0.3, -0.25) is 14.4 Å². The molecule has 1 aliphatic rings. The summed E-state index contributed by atoms with van der Waals surface area (Å²) in [6.45, 7) is 8.49. The van der Waals surface area contributed by atoms with Gasteiger partial charge in [0, 0.05) is 43.8 Å². The van der Waals surface area contributed by atoms with Gasteiger partial charge in [0.2, 0.25) is 5.91 Å². The second kappa shape index (κ2) is 14.7. The van der Waals surface area contributed by atoms with Crippen LogP contribution in [0.5, 0.6) is 0 Å². The fourth-order valence-electron chi connectivity index (χ4n) is 5.41. The highest BCUT2D eigenvalue weighted by Gasteiger charge is 2.30. The first-order chi connectivity index (χ1) is 18.2. The highest BCUT2D eigenvalue weighted by Crippen LogP contribution is 2.30. The van der Waals surface area contributed by atoms with Crippen molar-refractivity contribution in [1.29, 1.82) is 0 Å². The smallest absolute Gasteiger partial charge is 0.224 e. The Balaban J connectivity index is 1.75. The molecule has 6 nitrogen and oxygen atoms in total. The number of fused-ring (bicyclic) bond motifs is 1. The minimum absolute atomic E-state index is 0.0624. The molecule has 1 saturated carbocycles. The fourth-order valence-corrected chi connectivity index (χ4v) is 6.52. The molecule has 208 valence electrons. The van der Waals surface area contributed by atoms with Gasteiger partial charge in [-0.2, -0.15) is 0 Å². The number of nitrogens with zero attached hydrogens (tertiary/aromatic N) is 2. The number of thiazole rings is 1. The molecule has 7 heteroatoms. The first-order valence-electron chi connectivity index (χ1n) is 14.3. The van der Waals surface area contributed by atoms with E-state index in [4.69, 9.17) is 4.98 Å². The van der Waals surface area contributed by atoms with Gasteiger partial charge >= 0.3 is 0 Å². The minimum Gasteiger partial charge on any atom is -0.353 e. The van der Waals surface area contributed by atoms with E-state index in [-0.39, 0.29) is 29.9 Å². The van der Waals surface area contributed by atoms with Gasteiger partial charge in [-0.05, 0) is 63.4 Å².